The van der Waals surface area contributed by atoms with Gasteiger partial charge in [0.05, 0.1) is 4.88 Å². The molecular weight excluding hydrogens is 232 g/mol. The number of hydrogen-bond acceptors (Lipinski definition) is 3. The summed E-state index contributed by atoms with van der Waals surface area (Å²) in [5.74, 6) is 0.115. The van der Waals surface area contributed by atoms with E-state index in [2.05, 4.69) is 17.6 Å². The fourth-order valence-corrected chi connectivity index (χ4v) is 3.13. The van der Waals surface area contributed by atoms with Crippen molar-refractivity contribution in [2.45, 2.75) is 38.6 Å². The molecule has 1 saturated heterocycles. The highest BCUT2D eigenvalue weighted by Crippen LogP contribution is 2.18. The van der Waals surface area contributed by atoms with Crippen LogP contribution in [0.25, 0.3) is 0 Å². The van der Waals surface area contributed by atoms with Gasteiger partial charge in [0.15, 0.2) is 0 Å². The molecule has 1 aliphatic heterocycles. The molecule has 1 aromatic rings. The zero-order valence-electron chi connectivity index (χ0n) is 10.3. The van der Waals surface area contributed by atoms with E-state index in [1.54, 1.807) is 11.3 Å². The third kappa shape index (κ3) is 3.30. The molecule has 2 heterocycles. The number of thiophene rings is 1. The van der Waals surface area contributed by atoms with E-state index in [0.29, 0.717) is 6.04 Å². The minimum absolute atomic E-state index is 0.115. The number of carbonyl (C=O) groups is 1. The Morgan fingerprint density at radius 2 is 2.41 bits per heavy atom. The molecule has 1 atom stereocenters. The normalized spacial score (nSPS) is 20.9. The predicted octanol–water partition coefficient (Wildman–Crippen LogP) is 2.18. The quantitative estimate of drug-likeness (QED) is 0.865. The molecule has 2 N–H and O–H groups in total. The third-order valence-corrected chi connectivity index (χ3v) is 4.20. The Balaban J connectivity index is 1.96. The number of hydrogen-bond donors (Lipinski definition) is 2. The second-order valence-corrected chi connectivity index (χ2v) is 5.40. The standard InChI is InChI=1S/C13H20N2OS/c1-2-10-6-9-17-12(10)13(16)15-11-4-3-7-14-8-5-11/h6,9,11,14H,2-5,7-8H2,1H3,(H,15,16). The van der Waals surface area contributed by atoms with Gasteiger partial charge in [0.2, 0.25) is 0 Å². The Morgan fingerprint density at radius 3 is 3.24 bits per heavy atom. The maximum Gasteiger partial charge on any atom is 0.261 e. The highest BCUT2D eigenvalue weighted by molar-refractivity contribution is 7.12. The highest BCUT2D eigenvalue weighted by Gasteiger charge is 2.17. The molecule has 94 valence electrons. The molecule has 1 aromatic heterocycles. The Kier molecular flexibility index (Phi) is 4.57. The van der Waals surface area contributed by atoms with E-state index < -0.39 is 0 Å². The van der Waals surface area contributed by atoms with Crippen LogP contribution >= 0.6 is 11.3 Å². The lowest BCUT2D eigenvalue weighted by atomic mass is 10.1. The smallest absolute Gasteiger partial charge is 0.261 e. The van der Waals surface area contributed by atoms with Gasteiger partial charge in [0.25, 0.3) is 5.91 Å². The van der Waals surface area contributed by atoms with Crippen LogP contribution in [0.1, 0.15) is 41.4 Å². The second-order valence-electron chi connectivity index (χ2n) is 4.48. The van der Waals surface area contributed by atoms with Crippen LogP contribution in [0.3, 0.4) is 0 Å². The van der Waals surface area contributed by atoms with Gasteiger partial charge in [-0.15, -0.1) is 11.3 Å². The molecule has 1 amide bonds. The van der Waals surface area contributed by atoms with E-state index in [-0.39, 0.29) is 5.91 Å². The molecule has 0 saturated carbocycles. The number of carbonyl (C=O) groups excluding carboxylic acids is 1. The van der Waals surface area contributed by atoms with Crippen molar-refractivity contribution >= 4 is 17.2 Å². The topological polar surface area (TPSA) is 41.1 Å². The summed E-state index contributed by atoms with van der Waals surface area (Å²) in [6.07, 6.45) is 4.21. The van der Waals surface area contributed by atoms with Gasteiger partial charge in [-0.2, -0.15) is 0 Å². The van der Waals surface area contributed by atoms with E-state index in [1.807, 2.05) is 11.4 Å². The maximum absolute atomic E-state index is 12.1. The fraction of sp³-hybridized carbons (Fsp3) is 0.615. The van der Waals surface area contributed by atoms with Crippen LogP contribution in [0.15, 0.2) is 11.4 Å². The van der Waals surface area contributed by atoms with Crippen molar-refractivity contribution in [1.29, 1.82) is 0 Å². The largest absolute Gasteiger partial charge is 0.349 e. The minimum atomic E-state index is 0.115. The SMILES string of the molecule is CCc1ccsc1C(=O)NC1CCCNCC1. The van der Waals surface area contributed by atoms with Gasteiger partial charge >= 0.3 is 0 Å². The first-order valence-electron chi connectivity index (χ1n) is 6.39. The molecular formula is C13H20N2OS. The van der Waals surface area contributed by atoms with Crippen molar-refractivity contribution in [2.75, 3.05) is 13.1 Å². The van der Waals surface area contributed by atoms with Gasteiger partial charge in [-0.3, -0.25) is 4.79 Å². The lowest BCUT2D eigenvalue weighted by Crippen LogP contribution is -2.35. The van der Waals surface area contributed by atoms with Crippen molar-refractivity contribution < 1.29 is 4.79 Å². The monoisotopic (exact) mass is 252 g/mol. The van der Waals surface area contributed by atoms with E-state index in [1.165, 1.54) is 5.56 Å². The second kappa shape index (κ2) is 6.17. The van der Waals surface area contributed by atoms with Crippen LogP contribution in [0.2, 0.25) is 0 Å². The highest BCUT2D eigenvalue weighted by atomic mass is 32.1. The molecule has 0 radical (unpaired) electrons. The first-order valence-corrected chi connectivity index (χ1v) is 7.27. The maximum atomic E-state index is 12.1. The van der Waals surface area contributed by atoms with Crippen molar-refractivity contribution in [3.05, 3.63) is 21.9 Å². The van der Waals surface area contributed by atoms with Crippen LogP contribution in [-0.2, 0) is 6.42 Å². The van der Waals surface area contributed by atoms with E-state index in [9.17, 15) is 4.79 Å². The third-order valence-electron chi connectivity index (χ3n) is 3.24. The fourth-order valence-electron chi connectivity index (χ4n) is 2.23. The average molecular weight is 252 g/mol. The molecule has 0 aromatic carbocycles. The van der Waals surface area contributed by atoms with Crippen LogP contribution in [0.5, 0.6) is 0 Å². The van der Waals surface area contributed by atoms with Crippen molar-refractivity contribution in [3.8, 4) is 0 Å². The number of amides is 1. The number of aryl methyl sites for hydroxylation is 1. The summed E-state index contributed by atoms with van der Waals surface area (Å²) < 4.78 is 0. The molecule has 1 unspecified atom stereocenters. The Morgan fingerprint density at radius 1 is 1.53 bits per heavy atom. The van der Waals surface area contributed by atoms with Gasteiger partial charge in [0.1, 0.15) is 0 Å². The zero-order chi connectivity index (χ0) is 12.1. The summed E-state index contributed by atoms with van der Waals surface area (Å²) >= 11 is 1.55. The van der Waals surface area contributed by atoms with Crippen molar-refractivity contribution in [3.63, 3.8) is 0 Å². The number of nitrogens with one attached hydrogen (secondary N) is 2. The Bertz CT molecular complexity index is 367. The van der Waals surface area contributed by atoms with Crippen molar-refractivity contribution in [1.82, 2.24) is 10.6 Å². The van der Waals surface area contributed by atoms with E-state index in [4.69, 9.17) is 0 Å². The summed E-state index contributed by atoms with van der Waals surface area (Å²) in [5, 5.41) is 8.53. The zero-order valence-corrected chi connectivity index (χ0v) is 11.1. The molecule has 0 bridgehead atoms. The predicted molar refractivity (Wildman–Crippen MR) is 71.7 cm³/mol. The van der Waals surface area contributed by atoms with Crippen LogP contribution in [0.4, 0.5) is 0 Å². The lowest BCUT2D eigenvalue weighted by molar-refractivity contribution is 0.0937. The summed E-state index contributed by atoms with van der Waals surface area (Å²) in [6, 6.07) is 2.39. The van der Waals surface area contributed by atoms with Gasteiger partial charge in [0, 0.05) is 6.04 Å². The first kappa shape index (κ1) is 12.6. The van der Waals surface area contributed by atoms with E-state index in [0.717, 1.165) is 43.6 Å². The minimum Gasteiger partial charge on any atom is -0.349 e. The lowest BCUT2D eigenvalue weighted by Gasteiger charge is -2.15. The van der Waals surface area contributed by atoms with Gasteiger partial charge in [-0.25, -0.2) is 0 Å². The molecule has 1 aliphatic rings. The Hall–Kier alpha value is -0.870. The molecule has 2 rings (SSSR count). The molecule has 17 heavy (non-hydrogen) atoms. The summed E-state index contributed by atoms with van der Waals surface area (Å²) in [4.78, 5) is 13.0. The molecule has 4 heteroatoms. The number of rotatable bonds is 3. The molecule has 0 spiro atoms. The summed E-state index contributed by atoms with van der Waals surface area (Å²) in [7, 11) is 0. The van der Waals surface area contributed by atoms with Gasteiger partial charge < -0.3 is 10.6 Å². The molecule has 0 aliphatic carbocycles. The van der Waals surface area contributed by atoms with Crippen LogP contribution < -0.4 is 10.6 Å². The van der Waals surface area contributed by atoms with E-state index >= 15 is 0 Å². The average Bonchev–Trinajstić information content (AvgIpc) is 2.68. The molecule has 3 nitrogen and oxygen atoms in total. The van der Waals surface area contributed by atoms with Gasteiger partial charge in [-0.1, -0.05) is 6.92 Å². The van der Waals surface area contributed by atoms with Crippen molar-refractivity contribution in [2.24, 2.45) is 0 Å². The summed E-state index contributed by atoms with van der Waals surface area (Å²) in [5.41, 5.74) is 1.17. The first-order chi connectivity index (χ1) is 8.31. The summed E-state index contributed by atoms with van der Waals surface area (Å²) in [6.45, 7) is 4.18. The van der Waals surface area contributed by atoms with Crippen LogP contribution in [0, 0.1) is 0 Å². The van der Waals surface area contributed by atoms with Crippen LogP contribution in [-0.4, -0.2) is 25.0 Å². The molecule has 1 fully saturated rings. The Labute approximate surface area is 107 Å². The van der Waals surface area contributed by atoms with Gasteiger partial charge in [-0.05, 0) is 55.8 Å².